The summed E-state index contributed by atoms with van der Waals surface area (Å²) in [7, 11) is 1.83. The van der Waals surface area contributed by atoms with Crippen molar-refractivity contribution < 1.29 is 9.13 Å². The van der Waals surface area contributed by atoms with Crippen LogP contribution in [0.4, 0.5) is 4.39 Å². The van der Waals surface area contributed by atoms with E-state index < -0.39 is 0 Å². The first kappa shape index (κ1) is 14.5. The molecule has 0 amide bonds. The second kappa shape index (κ2) is 6.53. The van der Waals surface area contributed by atoms with Crippen molar-refractivity contribution >= 4 is 0 Å². The summed E-state index contributed by atoms with van der Waals surface area (Å²) in [5, 5.41) is 3.02. The van der Waals surface area contributed by atoms with Crippen LogP contribution >= 0.6 is 0 Å². The van der Waals surface area contributed by atoms with Crippen molar-refractivity contribution in [3.05, 3.63) is 64.5 Å². The van der Waals surface area contributed by atoms with Gasteiger partial charge in [-0.15, -0.1) is 0 Å². The molecule has 0 heterocycles. The monoisotopic (exact) mass is 273 g/mol. The van der Waals surface area contributed by atoms with Gasteiger partial charge in [-0.1, -0.05) is 30.3 Å². The van der Waals surface area contributed by atoms with E-state index in [1.54, 1.807) is 6.07 Å². The molecular weight excluding hydrogens is 253 g/mol. The van der Waals surface area contributed by atoms with Crippen LogP contribution in [0.15, 0.2) is 36.4 Å². The molecule has 106 valence electrons. The highest BCUT2D eigenvalue weighted by atomic mass is 19.1. The van der Waals surface area contributed by atoms with Gasteiger partial charge in [-0.3, -0.25) is 0 Å². The third-order valence-electron chi connectivity index (χ3n) is 3.37. The molecule has 0 radical (unpaired) electrons. The molecule has 0 aliphatic carbocycles. The average molecular weight is 273 g/mol. The van der Waals surface area contributed by atoms with Gasteiger partial charge in [0.1, 0.15) is 6.61 Å². The summed E-state index contributed by atoms with van der Waals surface area (Å²) < 4.78 is 19.6. The number of rotatable bonds is 5. The third-order valence-corrected chi connectivity index (χ3v) is 3.37. The van der Waals surface area contributed by atoms with Gasteiger partial charge in [-0.25, -0.2) is 4.39 Å². The van der Waals surface area contributed by atoms with Crippen molar-refractivity contribution in [2.24, 2.45) is 0 Å². The summed E-state index contributed by atoms with van der Waals surface area (Å²) in [5.41, 5.74) is 4.34. The largest absolute Gasteiger partial charge is 0.485 e. The highest BCUT2D eigenvalue weighted by Crippen LogP contribution is 2.24. The molecule has 0 saturated heterocycles. The van der Waals surface area contributed by atoms with Crippen LogP contribution in [0.2, 0.25) is 0 Å². The number of nitrogens with one attached hydrogen (secondary N) is 1. The Morgan fingerprint density at radius 1 is 1.10 bits per heavy atom. The molecular formula is C17H20FNO. The molecule has 2 rings (SSSR count). The maximum atomic E-state index is 13.9. The number of hydrogen-bond acceptors (Lipinski definition) is 2. The lowest BCUT2D eigenvalue weighted by Gasteiger charge is -2.13. The van der Waals surface area contributed by atoms with Gasteiger partial charge in [0.25, 0.3) is 0 Å². The van der Waals surface area contributed by atoms with Gasteiger partial charge in [0.2, 0.25) is 0 Å². The summed E-state index contributed by atoms with van der Waals surface area (Å²) in [4.78, 5) is 0. The lowest BCUT2D eigenvalue weighted by molar-refractivity contribution is 0.286. The fourth-order valence-electron chi connectivity index (χ4n) is 2.09. The van der Waals surface area contributed by atoms with Crippen molar-refractivity contribution in [1.29, 1.82) is 0 Å². The number of halogens is 1. The fourth-order valence-corrected chi connectivity index (χ4v) is 2.09. The molecule has 2 nitrogen and oxygen atoms in total. The Hall–Kier alpha value is -1.87. The predicted molar refractivity (Wildman–Crippen MR) is 79.4 cm³/mol. The quantitative estimate of drug-likeness (QED) is 0.896. The van der Waals surface area contributed by atoms with Crippen molar-refractivity contribution in [3.8, 4) is 5.75 Å². The summed E-state index contributed by atoms with van der Waals surface area (Å²) in [6.07, 6.45) is 0. The van der Waals surface area contributed by atoms with Gasteiger partial charge < -0.3 is 10.1 Å². The maximum Gasteiger partial charge on any atom is 0.165 e. The molecule has 0 spiro atoms. The molecule has 2 aromatic rings. The molecule has 0 saturated carbocycles. The smallest absolute Gasteiger partial charge is 0.165 e. The third kappa shape index (κ3) is 3.36. The maximum absolute atomic E-state index is 13.9. The first-order valence-corrected chi connectivity index (χ1v) is 6.72. The van der Waals surface area contributed by atoms with E-state index in [1.807, 2.05) is 19.2 Å². The van der Waals surface area contributed by atoms with Crippen molar-refractivity contribution in [1.82, 2.24) is 5.32 Å². The molecule has 3 heteroatoms. The van der Waals surface area contributed by atoms with Crippen LogP contribution in [0.1, 0.15) is 22.3 Å². The van der Waals surface area contributed by atoms with E-state index in [2.05, 4.69) is 31.3 Å². The van der Waals surface area contributed by atoms with Crippen LogP contribution in [0, 0.1) is 19.7 Å². The number of aryl methyl sites for hydroxylation is 2. The van der Waals surface area contributed by atoms with E-state index in [-0.39, 0.29) is 5.82 Å². The predicted octanol–water partition coefficient (Wildman–Crippen LogP) is 3.74. The van der Waals surface area contributed by atoms with Crippen molar-refractivity contribution in [3.63, 3.8) is 0 Å². The lowest BCUT2D eigenvalue weighted by atomic mass is 10.1. The zero-order valence-electron chi connectivity index (χ0n) is 12.2. The Morgan fingerprint density at radius 3 is 2.60 bits per heavy atom. The molecule has 0 aromatic heterocycles. The van der Waals surface area contributed by atoms with E-state index in [9.17, 15) is 4.39 Å². The average Bonchev–Trinajstić information content (AvgIpc) is 2.42. The molecule has 0 aliphatic heterocycles. The summed E-state index contributed by atoms with van der Waals surface area (Å²) in [6.45, 7) is 5.09. The van der Waals surface area contributed by atoms with Gasteiger partial charge >= 0.3 is 0 Å². The molecule has 0 aliphatic rings. The second-order valence-corrected chi connectivity index (χ2v) is 4.97. The summed E-state index contributed by atoms with van der Waals surface area (Å²) in [6, 6.07) is 11.1. The zero-order valence-corrected chi connectivity index (χ0v) is 12.2. The summed E-state index contributed by atoms with van der Waals surface area (Å²) >= 11 is 0. The second-order valence-electron chi connectivity index (χ2n) is 4.97. The minimum absolute atomic E-state index is 0.318. The van der Waals surface area contributed by atoms with Crippen LogP contribution in [0.25, 0.3) is 0 Å². The Kier molecular flexibility index (Phi) is 4.74. The highest BCUT2D eigenvalue weighted by molar-refractivity contribution is 5.36. The number of para-hydroxylation sites is 1. The molecule has 0 unspecified atom stereocenters. The topological polar surface area (TPSA) is 21.3 Å². The number of ether oxygens (including phenoxy) is 1. The Balaban J connectivity index is 2.15. The normalized spacial score (nSPS) is 10.6. The summed E-state index contributed by atoms with van der Waals surface area (Å²) in [5.74, 6) is 0.0154. The van der Waals surface area contributed by atoms with Gasteiger partial charge in [-0.05, 0) is 43.7 Å². The van der Waals surface area contributed by atoms with Gasteiger partial charge in [-0.2, -0.15) is 0 Å². The van der Waals surface area contributed by atoms with Crippen LogP contribution in [-0.2, 0) is 13.2 Å². The minimum Gasteiger partial charge on any atom is -0.485 e. The van der Waals surface area contributed by atoms with Gasteiger partial charge in [0.15, 0.2) is 11.6 Å². The van der Waals surface area contributed by atoms with E-state index in [0.29, 0.717) is 18.9 Å². The van der Waals surface area contributed by atoms with Crippen molar-refractivity contribution in [2.45, 2.75) is 27.0 Å². The van der Waals surface area contributed by atoms with Crippen LogP contribution < -0.4 is 10.1 Å². The van der Waals surface area contributed by atoms with Gasteiger partial charge in [0, 0.05) is 12.1 Å². The molecule has 2 aromatic carbocycles. The van der Waals surface area contributed by atoms with E-state index in [1.165, 1.54) is 17.2 Å². The van der Waals surface area contributed by atoms with E-state index in [4.69, 9.17) is 4.74 Å². The Morgan fingerprint density at radius 2 is 1.90 bits per heavy atom. The number of hydrogen-bond donors (Lipinski definition) is 1. The minimum atomic E-state index is -0.318. The highest BCUT2D eigenvalue weighted by Gasteiger charge is 2.09. The molecule has 1 N–H and O–H groups in total. The SMILES string of the molecule is CNCc1cccc(F)c1OCc1ccc(C)c(C)c1. The standard InChI is InChI=1S/C17H20FNO/c1-12-7-8-14(9-13(12)2)11-20-17-15(10-19-3)5-4-6-16(17)18/h4-9,19H,10-11H2,1-3H3. The van der Waals surface area contributed by atoms with E-state index in [0.717, 1.165) is 11.1 Å². The number of benzene rings is 2. The van der Waals surface area contributed by atoms with E-state index >= 15 is 0 Å². The van der Waals surface area contributed by atoms with Crippen LogP contribution in [0.3, 0.4) is 0 Å². The van der Waals surface area contributed by atoms with Crippen LogP contribution in [-0.4, -0.2) is 7.05 Å². The zero-order chi connectivity index (χ0) is 14.5. The molecule has 20 heavy (non-hydrogen) atoms. The Labute approximate surface area is 119 Å². The first-order chi connectivity index (χ1) is 9.61. The molecule has 0 atom stereocenters. The first-order valence-electron chi connectivity index (χ1n) is 6.72. The Bertz CT molecular complexity index is 596. The van der Waals surface area contributed by atoms with Crippen LogP contribution in [0.5, 0.6) is 5.75 Å². The fraction of sp³-hybridized carbons (Fsp3) is 0.294. The molecule has 0 bridgehead atoms. The van der Waals surface area contributed by atoms with Crippen molar-refractivity contribution in [2.75, 3.05) is 7.05 Å². The van der Waals surface area contributed by atoms with Gasteiger partial charge in [0.05, 0.1) is 0 Å². The molecule has 0 fully saturated rings. The lowest BCUT2D eigenvalue weighted by Crippen LogP contribution is -2.08.